The van der Waals surface area contributed by atoms with E-state index in [9.17, 15) is 8.78 Å². The quantitative estimate of drug-likeness (QED) is 0.812. The molecule has 6 heteroatoms. The van der Waals surface area contributed by atoms with E-state index < -0.39 is 11.6 Å². The fraction of sp³-hybridized carbons (Fsp3) is 0.500. The maximum atomic E-state index is 14.1. The number of aromatic nitrogens is 2. The van der Waals surface area contributed by atoms with E-state index in [0.29, 0.717) is 23.9 Å². The van der Waals surface area contributed by atoms with Crippen LogP contribution < -0.4 is 0 Å². The molecule has 0 saturated carbocycles. The molecule has 0 bridgehead atoms. The molecule has 0 radical (unpaired) electrons. The van der Waals surface area contributed by atoms with Gasteiger partial charge in [-0.15, -0.1) is 11.6 Å². The Morgan fingerprint density at radius 1 is 1.40 bits per heavy atom. The van der Waals surface area contributed by atoms with Crippen LogP contribution in [0.4, 0.5) is 8.78 Å². The van der Waals surface area contributed by atoms with Crippen LogP contribution in [0.15, 0.2) is 12.1 Å². The predicted molar refractivity (Wildman–Crippen MR) is 74.9 cm³/mol. The average Bonchev–Trinajstić information content (AvgIpc) is 2.99. The highest BCUT2D eigenvalue weighted by atomic mass is 35.5. The molecule has 1 atom stereocenters. The molecule has 20 heavy (non-hydrogen) atoms. The lowest BCUT2D eigenvalue weighted by Crippen LogP contribution is -2.30. The molecule has 3 nitrogen and oxygen atoms in total. The Bertz CT molecular complexity index is 641. The summed E-state index contributed by atoms with van der Waals surface area (Å²) in [6.45, 7) is 1.62. The van der Waals surface area contributed by atoms with Crippen LogP contribution in [0.1, 0.15) is 18.7 Å². The minimum absolute atomic E-state index is 0.187. The summed E-state index contributed by atoms with van der Waals surface area (Å²) in [5, 5.41) is 0. The molecule has 1 unspecified atom stereocenters. The van der Waals surface area contributed by atoms with E-state index in [4.69, 9.17) is 11.6 Å². The molecule has 1 aromatic carbocycles. The minimum atomic E-state index is -0.848. The van der Waals surface area contributed by atoms with Crippen LogP contribution in [0.2, 0.25) is 0 Å². The maximum Gasteiger partial charge on any atom is 0.184 e. The number of fused-ring (bicyclic) bond motifs is 1. The van der Waals surface area contributed by atoms with Gasteiger partial charge in [-0.25, -0.2) is 13.8 Å². The standard InChI is InChI=1S/C14H16ClF2N3/c1-19-6-2-3-9(19)8-20-12(7-15)18-11-5-4-10(16)13(17)14(11)20/h4-5,9H,2-3,6-8H2,1H3. The van der Waals surface area contributed by atoms with Crippen molar-refractivity contribution in [1.82, 2.24) is 14.5 Å². The molecule has 108 valence electrons. The molecule has 1 fully saturated rings. The Morgan fingerprint density at radius 3 is 2.85 bits per heavy atom. The van der Waals surface area contributed by atoms with Crippen molar-refractivity contribution >= 4 is 22.6 Å². The van der Waals surface area contributed by atoms with E-state index in [1.165, 1.54) is 6.07 Å². The Kier molecular flexibility index (Phi) is 3.65. The van der Waals surface area contributed by atoms with Crippen molar-refractivity contribution < 1.29 is 8.78 Å². The van der Waals surface area contributed by atoms with Gasteiger partial charge in [0.05, 0.1) is 11.4 Å². The lowest BCUT2D eigenvalue weighted by molar-refractivity contribution is 0.282. The van der Waals surface area contributed by atoms with Gasteiger partial charge in [-0.2, -0.15) is 0 Å². The van der Waals surface area contributed by atoms with Crippen molar-refractivity contribution in [3.63, 3.8) is 0 Å². The third kappa shape index (κ3) is 2.19. The molecule has 3 rings (SSSR count). The van der Waals surface area contributed by atoms with E-state index in [1.807, 2.05) is 7.05 Å². The highest BCUT2D eigenvalue weighted by molar-refractivity contribution is 6.16. The molecule has 1 saturated heterocycles. The van der Waals surface area contributed by atoms with Crippen molar-refractivity contribution in [3.8, 4) is 0 Å². The first-order chi connectivity index (χ1) is 9.61. The SMILES string of the molecule is CN1CCCC1Cn1c(CCl)nc2ccc(F)c(F)c21. The zero-order valence-electron chi connectivity index (χ0n) is 11.2. The molecular weight excluding hydrogens is 284 g/mol. The number of alkyl halides is 1. The predicted octanol–water partition coefficient (Wildman–Crippen LogP) is 3.15. The van der Waals surface area contributed by atoms with Gasteiger partial charge in [0.15, 0.2) is 11.6 Å². The topological polar surface area (TPSA) is 21.1 Å². The summed E-state index contributed by atoms with van der Waals surface area (Å²) >= 11 is 5.90. The largest absolute Gasteiger partial charge is 0.323 e. The van der Waals surface area contributed by atoms with Crippen molar-refractivity contribution in [2.24, 2.45) is 0 Å². The lowest BCUT2D eigenvalue weighted by atomic mass is 10.2. The fourth-order valence-corrected chi connectivity index (χ4v) is 3.13. The zero-order valence-corrected chi connectivity index (χ0v) is 12.0. The number of nitrogens with zero attached hydrogens (tertiary/aromatic N) is 3. The van der Waals surface area contributed by atoms with Crippen LogP contribution in [-0.4, -0.2) is 34.1 Å². The first kappa shape index (κ1) is 13.8. The van der Waals surface area contributed by atoms with Gasteiger partial charge in [-0.1, -0.05) is 0 Å². The number of hydrogen-bond acceptors (Lipinski definition) is 2. The number of hydrogen-bond donors (Lipinski definition) is 0. The summed E-state index contributed by atoms with van der Waals surface area (Å²) in [5.74, 6) is -0.912. The third-order valence-corrected chi connectivity index (χ3v) is 4.30. The van der Waals surface area contributed by atoms with Gasteiger partial charge in [0.25, 0.3) is 0 Å². The van der Waals surface area contributed by atoms with Crippen LogP contribution in [0, 0.1) is 11.6 Å². The fourth-order valence-electron chi connectivity index (χ4n) is 2.92. The minimum Gasteiger partial charge on any atom is -0.323 e. The smallest absolute Gasteiger partial charge is 0.184 e. The van der Waals surface area contributed by atoms with E-state index in [1.54, 1.807) is 4.57 Å². The molecule has 1 aliphatic heterocycles. The Labute approximate surface area is 121 Å². The first-order valence-electron chi connectivity index (χ1n) is 6.71. The average molecular weight is 300 g/mol. The van der Waals surface area contributed by atoms with E-state index in [2.05, 4.69) is 9.88 Å². The van der Waals surface area contributed by atoms with E-state index in [0.717, 1.165) is 25.5 Å². The Hall–Kier alpha value is -1.20. The van der Waals surface area contributed by atoms with Gasteiger partial charge in [-0.3, -0.25) is 0 Å². The van der Waals surface area contributed by atoms with Crippen molar-refractivity contribution in [3.05, 3.63) is 29.6 Å². The lowest BCUT2D eigenvalue weighted by Gasteiger charge is -2.21. The van der Waals surface area contributed by atoms with Crippen LogP contribution in [-0.2, 0) is 12.4 Å². The summed E-state index contributed by atoms with van der Waals surface area (Å²) in [5.41, 5.74) is 0.682. The second kappa shape index (κ2) is 5.30. The molecule has 2 aromatic rings. The number of likely N-dealkylation sites (tertiary alicyclic amines) is 1. The van der Waals surface area contributed by atoms with Gasteiger partial charge in [0.2, 0.25) is 0 Å². The molecule has 0 N–H and O–H groups in total. The van der Waals surface area contributed by atoms with Gasteiger partial charge in [0, 0.05) is 12.6 Å². The van der Waals surface area contributed by atoms with Crippen molar-refractivity contribution in [2.75, 3.05) is 13.6 Å². The van der Waals surface area contributed by atoms with Gasteiger partial charge in [0.1, 0.15) is 11.3 Å². The normalized spacial score (nSPS) is 20.1. The maximum absolute atomic E-state index is 14.1. The third-order valence-electron chi connectivity index (χ3n) is 4.06. The molecule has 0 spiro atoms. The second-order valence-electron chi connectivity index (χ2n) is 5.28. The highest BCUT2D eigenvalue weighted by Gasteiger charge is 2.24. The summed E-state index contributed by atoms with van der Waals surface area (Å²) in [4.78, 5) is 6.54. The van der Waals surface area contributed by atoms with Crippen LogP contribution in [0.5, 0.6) is 0 Å². The van der Waals surface area contributed by atoms with Crippen molar-refractivity contribution in [1.29, 1.82) is 0 Å². The molecule has 0 amide bonds. The highest BCUT2D eigenvalue weighted by Crippen LogP contribution is 2.25. The van der Waals surface area contributed by atoms with Crippen LogP contribution in [0.25, 0.3) is 11.0 Å². The molecule has 0 aliphatic carbocycles. The van der Waals surface area contributed by atoms with Gasteiger partial charge < -0.3 is 9.47 Å². The van der Waals surface area contributed by atoms with Gasteiger partial charge in [-0.05, 0) is 38.6 Å². The summed E-state index contributed by atoms with van der Waals surface area (Å²) in [6.07, 6.45) is 2.18. The number of benzene rings is 1. The molecule has 1 aromatic heterocycles. The number of halogens is 3. The van der Waals surface area contributed by atoms with E-state index in [-0.39, 0.29) is 11.4 Å². The Morgan fingerprint density at radius 2 is 2.20 bits per heavy atom. The van der Waals surface area contributed by atoms with Crippen molar-refractivity contribution in [2.45, 2.75) is 31.3 Å². The summed E-state index contributed by atoms with van der Waals surface area (Å²) in [7, 11) is 2.05. The number of likely N-dealkylation sites (N-methyl/N-ethyl adjacent to an activating group) is 1. The second-order valence-corrected chi connectivity index (χ2v) is 5.55. The zero-order chi connectivity index (χ0) is 14.3. The van der Waals surface area contributed by atoms with Crippen LogP contribution in [0.3, 0.4) is 0 Å². The van der Waals surface area contributed by atoms with Gasteiger partial charge >= 0.3 is 0 Å². The summed E-state index contributed by atoms with van der Waals surface area (Å²) < 4.78 is 29.3. The van der Waals surface area contributed by atoms with E-state index >= 15 is 0 Å². The molecular formula is C14H16ClF2N3. The summed E-state index contributed by atoms with van der Waals surface area (Å²) in [6, 6.07) is 2.92. The van der Waals surface area contributed by atoms with Crippen LogP contribution >= 0.6 is 11.6 Å². The number of rotatable bonds is 3. The number of imidazole rings is 1. The monoisotopic (exact) mass is 299 g/mol. The first-order valence-corrected chi connectivity index (χ1v) is 7.24. The Balaban J connectivity index is 2.09. The molecule has 2 heterocycles. The molecule has 1 aliphatic rings.